The number of halogens is 3. The Hall–Kier alpha value is -2.00. The minimum Gasteiger partial charge on any atom is -0.436 e. The summed E-state index contributed by atoms with van der Waals surface area (Å²) in [4.78, 5) is 4.40. The van der Waals surface area contributed by atoms with E-state index in [2.05, 4.69) is 11.6 Å². The lowest BCUT2D eigenvalue weighted by Gasteiger charge is -2.12. The average molecular weight is 432 g/mol. The summed E-state index contributed by atoms with van der Waals surface area (Å²) in [6.07, 6.45) is 4.87. The van der Waals surface area contributed by atoms with E-state index in [9.17, 15) is 21.6 Å². The number of rotatable bonds is 7. The average Bonchev–Trinajstić information content (AvgIpc) is 3.04. The molecule has 28 heavy (non-hydrogen) atoms. The summed E-state index contributed by atoms with van der Waals surface area (Å²) >= 11 is 0. The van der Waals surface area contributed by atoms with Crippen LogP contribution < -0.4 is 0 Å². The van der Waals surface area contributed by atoms with Gasteiger partial charge in [0.1, 0.15) is 5.52 Å². The number of nitrogens with zero attached hydrogens (tertiary/aromatic N) is 1. The SMILES string of the molecule is C=C/C=C\C(=C(\c1nc2cc(S(=O)C(F)(F)F)ccc2o1)C(C)C)S(=O)CC. The zero-order valence-corrected chi connectivity index (χ0v) is 17.2. The molecule has 9 heteroatoms. The molecule has 0 fully saturated rings. The van der Waals surface area contributed by atoms with Gasteiger partial charge in [0.15, 0.2) is 16.4 Å². The molecule has 0 bridgehead atoms. The van der Waals surface area contributed by atoms with Gasteiger partial charge in [0.2, 0.25) is 5.89 Å². The van der Waals surface area contributed by atoms with Crippen molar-refractivity contribution in [3.63, 3.8) is 0 Å². The van der Waals surface area contributed by atoms with Crippen LogP contribution in [0.1, 0.15) is 26.7 Å². The summed E-state index contributed by atoms with van der Waals surface area (Å²) < 4.78 is 68.0. The predicted molar refractivity (Wildman–Crippen MR) is 106 cm³/mol. The van der Waals surface area contributed by atoms with Gasteiger partial charge in [-0.2, -0.15) is 13.2 Å². The predicted octanol–water partition coefficient (Wildman–Crippen LogP) is 5.33. The Morgan fingerprint density at radius 3 is 2.54 bits per heavy atom. The van der Waals surface area contributed by atoms with Gasteiger partial charge in [-0.1, -0.05) is 39.5 Å². The van der Waals surface area contributed by atoms with E-state index in [0.717, 1.165) is 12.1 Å². The van der Waals surface area contributed by atoms with Gasteiger partial charge in [0, 0.05) is 16.2 Å². The maximum absolute atomic E-state index is 12.7. The van der Waals surface area contributed by atoms with Gasteiger partial charge in [-0.15, -0.1) is 0 Å². The summed E-state index contributed by atoms with van der Waals surface area (Å²) in [6.45, 7) is 9.14. The van der Waals surface area contributed by atoms with Crippen LogP contribution in [0.25, 0.3) is 16.7 Å². The van der Waals surface area contributed by atoms with Crippen molar-refractivity contribution in [1.82, 2.24) is 4.98 Å². The first kappa shape index (κ1) is 22.3. The van der Waals surface area contributed by atoms with Crippen molar-refractivity contribution in [3.05, 3.63) is 53.8 Å². The van der Waals surface area contributed by atoms with Crippen molar-refractivity contribution in [1.29, 1.82) is 0 Å². The molecule has 0 radical (unpaired) electrons. The van der Waals surface area contributed by atoms with Crippen molar-refractivity contribution < 1.29 is 26.0 Å². The number of benzene rings is 1. The molecule has 0 saturated carbocycles. The van der Waals surface area contributed by atoms with E-state index < -0.39 is 32.0 Å². The van der Waals surface area contributed by atoms with E-state index in [4.69, 9.17) is 4.42 Å². The largest absolute Gasteiger partial charge is 0.475 e. The Morgan fingerprint density at radius 2 is 2.00 bits per heavy atom. The standard InChI is InChI=1S/C19H20F3NO3S2/c1-5-7-8-16(27(24)6-2)17(12(3)4)18-23-14-11-13(9-10-15(14)26-18)28(25)19(20,21)22/h5,7-12H,1,6H2,2-4H3/b8-7-,17-16-. The van der Waals surface area contributed by atoms with Crippen molar-refractivity contribution >= 4 is 38.3 Å². The van der Waals surface area contributed by atoms with E-state index >= 15 is 0 Å². The first-order valence-electron chi connectivity index (χ1n) is 8.41. The molecular weight excluding hydrogens is 411 g/mol. The second kappa shape index (κ2) is 9.00. The van der Waals surface area contributed by atoms with Crippen LogP contribution in [0.3, 0.4) is 0 Å². The Kier molecular flexibility index (Phi) is 7.16. The number of fused-ring (bicyclic) bond motifs is 1. The Bertz CT molecular complexity index is 988. The molecule has 2 unspecified atom stereocenters. The van der Waals surface area contributed by atoms with Crippen molar-refractivity contribution in [3.8, 4) is 0 Å². The highest BCUT2D eigenvalue weighted by atomic mass is 32.2. The molecule has 1 aromatic heterocycles. The first-order chi connectivity index (χ1) is 13.1. The smallest absolute Gasteiger partial charge is 0.436 e. The Morgan fingerprint density at radius 1 is 1.32 bits per heavy atom. The van der Waals surface area contributed by atoms with Gasteiger partial charge in [0.05, 0.1) is 15.7 Å². The molecule has 1 aromatic carbocycles. The lowest BCUT2D eigenvalue weighted by molar-refractivity contribution is -0.0384. The van der Waals surface area contributed by atoms with E-state index in [0.29, 0.717) is 16.2 Å². The van der Waals surface area contributed by atoms with E-state index in [1.165, 1.54) is 6.07 Å². The third kappa shape index (κ3) is 4.88. The van der Waals surface area contributed by atoms with Crippen LogP contribution >= 0.6 is 0 Å². The zero-order chi connectivity index (χ0) is 21.1. The van der Waals surface area contributed by atoms with Crippen LogP contribution in [-0.4, -0.2) is 24.7 Å². The van der Waals surface area contributed by atoms with E-state index in [-0.39, 0.29) is 22.9 Å². The highest BCUT2D eigenvalue weighted by Crippen LogP contribution is 2.33. The Labute approximate surface area is 166 Å². The number of hydrogen-bond donors (Lipinski definition) is 0. The maximum atomic E-state index is 12.7. The minimum absolute atomic E-state index is 0.114. The van der Waals surface area contributed by atoms with Crippen molar-refractivity contribution in [2.45, 2.75) is 31.2 Å². The minimum atomic E-state index is -4.86. The normalized spacial score (nSPS) is 15.8. The molecule has 0 spiro atoms. The molecular formula is C19H20F3NO3S2. The topological polar surface area (TPSA) is 60.2 Å². The monoisotopic (exact) mass is 431 g/mol. The van der Waals surface area contributed by atoms with Gasteiger partial charge in [-0.3, -0.25) is 4.21 Å². The number of alkyl halides is 3. The second-order valence-corrected chi connectivity index (χ2v) is 9.20. The molecule has 0 aliphatic rings. The summed E-state index contributed by atoms with van der Waals surface area (Å²) in [5, 5.41) is 0. The highest BCUT2D eigenvalue weighted by molar-refractivity contribution is 7.89. The van der Waals surface area contributed by atoms with Crippen LogP contribution in [-0.2, 0) is 21.6 Å². The van der Waals surface area contributed by atoms with Crippen molar-refractivity contribution in [2.24, 2.45) is 5.92 Å². The number of aromatic nitrogens is 1. The molecule has 2 atom stereocenters. The van der Waals surface area contributed by atoms with Crippen LogP contribution in [0, 0.1) is 5.92 Å². The summed E-state index contributed by atoms with van der Waals surface area (Å²) in [6, 6.07) is 3.50. The fourth-order valence-corrected chi connectivity index (χ4v) is 4.29. The molecule has 0 amide bonds. The van der Waals surface area contributed by atoms with Gasteiger partial charge < -0.3 is 4.42 Å². The molecule has 0 saturated heterocycles. The van der Waals surface area contributed by atoms with Gasteiger partial charge in [0.25, 0.3) is 0 Å². The Balaban J connectivity index is 2.67. The van der Waals surface area contributed by atoms with E-state index in [1.54, 1.807) is 25.2 Å². The number of oxazole rings is 1. The molecule has 2 aromatic rings. The molecule has 152 valence electrons. The number of allylic oxidation sites excluding steroid dienone is 4. The summed E-state index contributed by atoms with van der Waals surface area (Å²) in [5.41, 5.74) is -3.86. The van der Waals surface area contributed by atoms with Crippen LogP contribution in [0.4, 0.5) is 13.2 Å². The lowest BCUT2D eigenvalue weighted by atomic mass is 10.0. The number of hydrogen-bond acceptors (Lipinski definition) is 4. The second-order valence-electron chi connectivity index (χ2n) is 6.02. The fourth-order valence-electron chi connectivity index (χ4n) is 2.51. The molecule has 1 heterocycles. The van der Waals surface area contributed by atoms with Crippen LogP contribution in [0.2, 0.25) is 0 Å². The van der Waals surface area contributed by atoms with Gasteiger partial charge in [-0.05, 0) is 30.2 Å². The quantitative estimate of drug-likeness (QED) is 0.556. The zero-order valence-electron chi connectivity index (χ0n) is 15.6. The fraction of sp³-hybridized carbons (Fsp3) is 0.316. The lowest BCUT2D eigenvalue weighted by Crippen LogP contribution is -2.16. The molecule has 0 aliphatic carbocycles. The van der Waals surface area contributed by atoms with Crippen LogP contribution in [0.15, 0.2) is 57.2 Å². The third-order valence-corrected chi connectivity index (χ3v) is 6.22. The summed E-state index contributed by atoms with van der Waals surface area (Å²) in [7, 11) is -4.47. The molecule has 0 N–H and O–H groups in total. The summed E-state index contributed by atoms with van der Waals surface area (Å²) in [5.74, 6) is 0.435. The first-order valence-corrected chi connectivity index (χ1v) is 10.9. The van der Waals surface area contributed by atoms with Gasteiger partial charge >= 0.3 is 5.51 Å². The molecule has 4 nitrogen and oxygen atoms in total. The molecule has 2 rings (SSSR count). The third-order valence-electron chi connectivity index (χ3n) is 3.75. The van der Waals surface area contributed by atoms with Crippen LogP contribution in [0.5, 0.6) is 0 Å². The highest BCUT2D eigenvalue weighted by Gasteiger charge is 2.38. The maximum Gasteiger partial charge on any atom is 0.475 e. The van der Waals surface area contributed by atoms with E-state index in [1.807, 2.05) is 13.8 Å². The molecule has 0 aliphatic heterocycles. The van der Waals surface area contributed by atoms with Crippen molar-refractivity contribution in [2.75, 3.05) is 5.75 Å². The van der Waals surface area contributed by atoms with Gasteiger partial charge in [-0.25, -0.2) is 9.19 Å².